The Bertz CT molecular complexity index is 1100. The molecule has 2 aromatic heterocycles. The van der Waals surface area contributed by atoms with Crippen molar-refractivity contribution in [3.63, 3.8) is 0 Å². The van der Waals surface area contributed by atoms with Gasteiger partial charge in [-0.3, -0.25) is 0 Å². The fourth-order valence-corrected chi connectivity index (χ4v) is 18.8. The summed E-state index contributed by atoms with van der Waals surface area (Å²) >= 11 is 20.4. The lowest BCUT2D eigenvalue weighted by molar-refractivity contribution is 0.779. The number of hydrogen-bond acceptors (Lipinski definition) is 10. The molecule has 0 unspecified atom stereocenters. The van der Waals surface area contributed by atoms with Crippen LogP contribution in [0.2, 0.25) is 0 Å². The van der Waals surface area contributed by atoms with E-state index in [1.54, 1.807) is 16.9 Å². The number of unbranched alkanes of at least 4 members (excludes halogenated alkanes) is 8. The van der Waals surface area contributed by atoms with Crippen LogP contribution in [-0.2, 0) is 0 Å². The van der Waals surface area contributed by atoms with Gasteiger partial charge in [0.15, 0.2) is 0 Å². The number of hydrogen-bond donors (Lipinski definition) is 0. The summed E-state index contributed by atoms with van der Waals surface area (Å²) in [6.07, 6.45) is 20.8. The van der Waals surface area contributed by atoms with Crippen molar-refractivity contribution in [2.75, 3.05) is 23.0 Å². The number of thioether (sulfide) groups is 8. The molecule has 0 saturated carbocycles. The highest BCUT2D eigenvalue weighted by atomic mass is 32.3. The molecule has 44 heavy (non-hydrogen) atoms. The minimum Gasteiger partial charge on any atom is -0.135 e. The molecule has 0 amide bonds. The maximum Gasteiger partial charge on any atom is 0.0659 e. The van der Waals surface area contributed by atoms with Crippen LogP contribution >= 0.6 is 117 Å². The van der Waals surface area contributed by atoms with Gasteiger partial charge in [0, 0.05) is 19.2 Å². The summed E-state index contributed by atoms with van der Waals surface area (Å²) < 4.78 is 12.0. The van der Waals surface area contributed by atoms with E-state index in [0.717, 1.165) is 0 Å². The van der Waals surface area contributed by atoms with Crippen molar-refractivity contribution in [2.24, 2.45) is 0 Å². The first-order chi connectivity index (χ1) is 21.6. The molecular weight excluding hydrogens is 729 g/mol. The summed E-state index contributed by atoms with van der Waals surface area (Å²) in [5.41, 5.74) is 0. The molecule has 0 bridgehead atoms. The summed E-state index contributed by atoms with van der Waals surface area (Å²) in [5.74, 6) is 5.00. The van der Waals surface area contributed by atoms with Crippen LogP contribution in [0.25, 0.3) is 21.6 Å². The molecular formula is C34H48S10. The zero-order chi connectivity index (χ0) is 31.0. The topological polar surface area (TPSA) is 0 Å². The van der Waals surface area contributed by atoms with E-state index in [1.807, 2.05) is 69.7 Å². The van der Waals surface area contributed by atoms with Gasteiger partial charge < -0.3 is 0 Å². The minimum atomic E-state index is 1.25. The van der Waals surface area contributed by atoms with E-state index in [9.17, 15) is 0 Å². The van der Waals surface area contributed by atoms with Crippen molar-refractivity contribution in [3.8, 4) is 0 Å². The monoisotopic (exact) mass is 776 g/mol. The summed E-state index contributed by atoms with van der Waals surface area (Å²) in [6, 6.07) is 4.86. The molecule has 4 rings (SSSR count). The summed E-state index contributed by atoms with van der Waals surface area (Å²) in [4.78, 5) is 2.80. The zero-order valence-electron chi connectivity index (χ0n) is 26.7. The van der Waals surface area contributed by atoms with Crippen LogP contribution in [0, 0.1) is 0 Å². The molecule has 0 saturated heterocycles. The SMILES string of the molecule is CCCCCSC1=C(SCCCCC)SC(=Cc2cc3sc(C=C4SC(SCCCCC)=C(SCCCCC)S4)cc3s2)S1. The molecule has 0 N–H and O–H groups in total. The quantitative estimate of drug-likeness (QED) is 0.107. The van der Waals surface area contributed by atoms with Crippen LogP contribution < -0.4 is 0 Å². The smallest absolute Gasteiger partial charge is 0.0659 e. The van der Waals surface area contributed by atoms with Crippen molar-refractivity contribution in [3.05, 3.63) is 47.3 Å². The number of rotatable bonds is 22. The molecule has 10 heteroatoms. The van der Waals surface area contributed by atoms with Crippen molar-refractivity contribution in [2.45, 2.75) is 105 Å². The molecule has 0 aromatic carbocycles. The Labute approximate surface area is 310 Å². The normalized spacial score (nSPS) is 15.5. The van der Waals surface area contributed by atoms with Crippen LogP contribution in [0.4, 0.5) is 0 Å². The molecule has 244 valence electrons. The molecule has 0 aliphatic carbocycles. The van der Waals surface area contributed by atoms with Crippen molar-refractivity contribution >= 4 is 138 Å². The van der Waals surface area contributed by atoms with Crippen LogP contribution in [0.5, 0.6) is 0 Å². The zero-order valence-corrected chi connectivity index (χ0v) is 34.9. The van der Waals surface area contributed by atoms with Crippen LogP contribution in [-0.4, -0.2) is 23.0 Å². The molecule has 2 aliphatic heterocycles. The van der Waals surface area contributed by atoms with Gasteiger partial charge in [0.05, 0.1) is 25.4 Å². The highest BCUT2D eigenvalue weighted by Gasteiger charge is 2.24. The second kappa shape index (κ2) is 22.2. The molecule has 2 aliphatic rings. The number of thiophene rings is 2. The Morgan fingerprint density at radius 2 is 0.750 bits per heavy atom. The lowest BCUT2D eigenvalue weighted by atomic mass is 10.3. The first-order valence-electron chi connectivity index (χ1n) is 16.3. The molecule has 0 atom stereocenters. The van der Waals surface area contributed by atoms with Gasteiger partial charge in [0.1, 0.15) is 0 Å². The lowest BCUT2D eigenvalue weighted by Crippen LogP contribution is -1.82. The van der Waals surface area contributed by atoms with E-state index in [1.165, 1.54) is 128 Å². The van der Waals surface area contributed by atoms with Gasteiger partial charge in [0.25, 0.3) is 0 Å². The summed E-state index contributed by atoms with van der Waals surface area (Å²) in [5, 5.41) is 0. The van der Waals surface area contributed by atoms with Crippen molar-refractivity contribution in [1.29, 1.82) is 0 Å². The highest BCUT2D eigenvalue weighted by Crippen LogP contribution is 2.59. The standard InChI is InChI=1S/C34H48S10/c1-5-9-13-17-35-31-32(36-18-14-10-6-2)42-29(41-31)23-25-21-27-28(39-25)22-26(40-27)24-30-43-33(37-19-15-11-7-3)34(44-30)38-20-16-12-8-4/h21-24H,5-20H2,1-4H3. The van der Waals surface area contributed by atoms with E-state index >= 15 is 0 Å². The second-order valence-electron chi connectivity index (χ2n) is 10.7. The molecule has 0 radical (unpaired) electrons. The molecule has 2 aromatic rings. The summed E-state index contributed by atoms with van der Waals surface area (Å²) in [7, 11) is 0. The minimum absolute atomic E-state index is 1.25. The average molecular weight is 777 g/mol. The average Bonchev–Trinajstić information content (AvgIpc) is 3.77. The van der Waals surface area contributed by atoms with Gasteiger partial charge >= 0.3 is 0 Å². The van der Waals surface area contributed by atoms with Crippen LogP contribution in [0.1, 0.15) is 114 Å². The van der Waals surface area contributed by atoms with Gasteiger partial charge in [-0.05, 0) is 73.0 Å². The Morgan fingerprint density at radius 1 is 0.455 bits per heavy atom. The second-order valence-corrected chi connectivity index (χ2v) is 23.1. The fraction of sp³-hybridized carbons (Fsp3) is 0.588. The van der Waals surface area contributed by atoms with E-state index in [2.05, 4.69) is 99.0 Å². The fourth-order valence-electron chi connectivity index (χ4n) is 4.36. The largest absolute Gasteiger partial charge is 0.135 e. The molecule has 0 nitrogen and oxygen atoms in total. The Balaban J connectivity index is 1.37. The van der Waals surface area contributed by atoms with Crippen LogP contribution in [0.15, 0.2) is 37.6 Å². The predicted molar refractivity (Wildman–Crippen MR) is 228 cm³/mol. The molecule has 0 spiro atoms. The van der Waals surface area contributed by atoms with E-state index < -0.39 is 0 Å². The summed E-state index contributed by atoms with van der Waals surface area (Å²) in [6.45, 7) is 9.19. The first-order valence-corrected chi connectivity index (χ1v) is 25.1. The maximum absolute atomic E-state index is 2.45. The third-order valence-electron chi connectivity index (χ3n) is 6.80. The van der Waals surface area contributed by atoms with Crippen molar-refractivity contribution < 1.29 is 0 Å². The lowest BCUT2D eigenvalue weighted by Gasteiger charge is -2.04. The number of fused-ring (bicyclic) bond motifs is 1. The predicted octanol–water partition coefficient (Wildman–Crippen LogP) is 16.5. The van der Waals surface area contributed by atoms with E-state index in [-0.39, 0.29) is 0 Å². The Kier molecular flexibility index (Phi) is 19.3. The van der Waals surface area contributed by atoms with Gasteiger partial charge in [-0.15, -0.1) is 69.7 Å². The van der Waals surface area contributed by atoms with Crippen molar-refractivity contribution in [1.82, 2.24) is 0 Å². The van der Waals surface area contributed by atoms with Gasteiger partial charge in [-0.25, -0.2) is 0 Å². The third kappa shape index (κ3) is 13.0. The molecule has 0 fully saturated rings. The third-order valence-corrected chi connectivity index (χ3v) is 20.1. The molecule has 4 heterocycles. The van der Waals surface area contributed by atoms with E-state index in [0.29, 0.717) is 0 Å². The maximum atomic E-state index is 2.45. The first kappa shape index (κ1) is 38.2. The van der Waals surface area contributed by atoms with Gasteiger partial charge in [-0.2, -0.15) is 0 Å². The van der Waals surface area contributed by atoms with Crippen LogP contribution in [0.3, 0.4) is 0 Å². The Hall–Kier alpha value is 1.42. The van der Waals surface area contributed by atoms with Gasteiger partial charge in [0.2, 0.25) is 0 Å². The highest BCUT2D eigenvalue weighted by molar-refractivity contribution is 8.41. The Morgan fingerprint density at radius 3 is 1.02 bits per heavy atom. The van der Waals surface area contributed by atoms with Gasteiger partial charge in [-0.1, -0.05) is 126 Å². The van der Waals surface area contributed by atoms with E-state index in [4.69, 9.17) is 0 Å².